The lowest BCUT2D eigenvalue weighted by Crippen LogP contribution is -2.03. The minimum absolute atomic E-state index is 0. The Morgan fingerprint density at radius 1 is 1.06 bits per heavy atom. The molecule has 3 aromatic rings. The summed E-state index contributed by atoms with van der Waals surface area (Å²) in [6.07, 6.45) is 4.47. The Labute approximate surface area is 111 Å². The molecule has 0 aliphatic heterocycles. The van der Waals surface area contributed by atoms with Gasteiger partial charge in [-0.05, 0) is 18.1 Å². The third-order valence-electron chi connectivity index (χ3n) is 2.77. The van der Waals surface area contributed by atoms with Crippen LogP contribution in [-0.2, 0) is 13.0 Å². The van der Waals surface area contributed by atoms with E-state index in [0.717, 1.165) is 24.0 Å². The molecule has 4 nitrogen and oxygen atoms in total. The number of halogens is 1. The van der Waals surface area contributed by atoms with Crippen molar-refractivity contribution < 1.29 is 0 Å². The molecule has 3 rings (SSSR count). The van der Waals surface area contributed by atoms with Crippen molar-refractivity contribution in [2.45, 2.75) is 13.0 Å². The predicted molar refractivity (Wildman–Crippen MR) is 72.7 cm³/mol. The van der Waals surface area contributed by atoms with E-state index in [4.69, 9.17) is 0 Å². The highest BCUT2D eigenvalue weighted by atomic mass is 35.5. The van der Waals surface area contributed by atoms with Crippen LogP contribution in [-0.4, -0.2) is 20.0 Å². The van der Waals surface area contributed by atoms with Crippen molar-refractivity contribution >= 4 is 23.4 Å². The van der Waals surface area contributed by atoms with Gasteiger partial charge in [-0.25, -0.2) is 4.68 Å². The van der Waals surface area contributed by atoms with Crippen molar-refractivity contribution in [3.8, 4) is 0 Å². The zero-order chi connectivity index (χ0) is 11.5. The van der Waals surface area contributed by atoms with E-state index in [0.29, 0.717) is 0 Å². The summed E-state index contributed by atoms with van der Waals surface area (Å²) in [5.41, 5.74) is 3.20. The first-order valence-corrected chi connectivity index (χ1v) is 5.60. The van der Waals surface area contributed by atoms with Crippen molar-refractivity contribution in [1.29, 1.82) is 0 Å². The fourth-order valence-corrected chi connectivity index (χ4v) is 1.87. The van der Waals surface area contributed by atoms with Crippen molar-refractivity contribution in [3.63, 3.8) is 0 Å². The largest absolute Gasteiger partial charge is 0.262 e. The molecule has 0 unspecified atom stereocenters. The number of benzene rings is 1. The molecular formula is C13H13ClN4. The van der Waals surface area contributed by atoms with Crippen LogP contribution in [0.5, 0.6) is 0 Å². The molecule has 2 aromatic heterocycles. The molecule has 0 aliphatic carbocycles. The van der Waals surface area contributed by atoms with Crippen LogP contribution in [0.15, 0.2) is 48.8 Å². The average molecular weight is 261 g/mol. The Bertz CT molecular complexity index is 621. The van der Waals surface area contributed by atoms with Crippen LogP contribution in [0, 0.1) is 0 Å². The highest BCUT2D eigenvalue weighted by Gasteiger charge is 2.03. The summed E-state index contributed by atoms with van der Waals surface area (Å²) in [4.78, 5) is 4.03. The molecule has 2 heterocycles. The SMILES string of the molecule is Cl.c1ccc(CCn2nnc3cnccc32)cc1. The summed E-state index contributed by atoms with van der Waals surface area (Å²) in [7, 11) is 0. The number of aryl methyl sites for hydroxylation is 2. The molecule has 1 aromatic carbocycles. The van der Waals surface area contributed by atoms with Gasteiger partial charge >= 0.3 is 0 Å². The molecule has 0 radical (unpaired) electrons. The number of fused-ring (bicyclic) bond motifs is 1. The van der Waals surface area contributed by atoms with Crippen LogP contribution in [0.4, 0.5) is 0 Å². The fraction of sp³-hybridized carbons (Fsp3) is 0.154. The summed E-state index contributed by atoms with van der Waals surface area (Å²) >= 11 is 0. The van der Waals surface area contributed by atoms with Gasteiger partial charge in [-0.2, -0.15) is 0 Å². The third-order valence-corrected chi connectivity index (χ3v) is 2.77. The van der Waals surface area contributed by atoms with E-state index < -0.39 is 0 Å². The van der Waals surface area contributed by atoms with E-state index in [1.165, 1.54) is 5.56 Å². The number of nitrogens with zero attached hydrogens (tertiary/aromatic N) is 4. The molecule has 18 heavy (non-hydrogen) atoms. The monoisotopic (exact) mass is 260 g/mol. The minimum Gasteiger partial charge on any atom is -0.262 e. The zero-order valence-electron chi connectivity index (χ0n) is 9.73. The molecule has 0 spiro atoms. The predicted octanol–water partition coefficient (Wildman–Crippen LogP) is 2.49. The molecule has 0 saturated carbocycles. The zero-order valence-corrected chi connectivity index (χ0v) is 10.5. The molecule has 0 atom stereocenters. The Morgan fingerprint density at radius 2 is 1.89 bits per heavy atom. The van der Waals surface area contributed by atoms with Crippen molar-refractivity contribution in [3.05, 3.63) is 54.4 Å². The van der Waals surface area contributed by atoms with Crippen LogP contribution >= 0.6 is 12.4 Å². The van der Waals surface area contributed by atoms with Gasteiger partial charge in [0.15, 0.2) is 0 Å². The van der Waals surface area contributed by atoms with E-state index in [1.807, 2.05) is 16.8 Å². The molecule has 5 heteroatoms. The first-order chi connectivity index (χ1) is 8.43. The second kappa shape index (κ2) is 5.60. The molecular weight excluding hydrogens is 248 g/mol. The first-order valence-electron chi connectivity index (χ1n) is 5.60. The topological polar surface area (TPSA) is 43.6 Å². The number of pyridine rings is 1. The number of aromatic nitrogens is 4. The Kier molecular flexibility index (Phi) is 3.89. The van der Waals surface area contributed by atoms with Crippen molar-refractivity contribution in [2.75, 3.05) is 0 Å². The second-order valence-corrected chi connectivity index (χ2v) is 3.91. The van der Waals surface area contributed by atoms with Gasteiger partial charge in [0, 0.05) is 12.7 Å². The smallest absolute Gasteiger partial charge is 0.131 e. The molecule has 0 saturated heterocycles. The molecule has 0 fully saturated rings. The lowest BCUT2D eigenvalue weighted by molar-refractivity contribution is 0.606. The lowest BCUT2D eigenvalue weighted by Gasteiger charge is -2.02. The Balaban J connectivity index is 0.00000120. The van der Waals surface area contributed by atoms with Gasteiger partial charge in [0.2, 0.25) is 0 Å². The minimum atomic E-state index is 0. The van der Waals surface area contributed by atoms with Gasteiger partial charge in [-0.1, -0.05) is 35.5 Å². The highest BCUT2D eigenvalue weighted by Crippen LogP contribution is 2.09. The summed E-state index contributed by atoms with van der Waals surface area (Å²) < 4.78 is 1.92. The van der Waals surface area contributed by atoms with Crippen LogP contribution < -0.4 is 0 Å². The van der Waals surface area contributed by atoms with Crippen LogP contribution in [0.1, 0.15) is 5.56 Å². The summed E-state index contributed by atoms with van der Waals surface area (Å²) in [6, 6.07) is 12.3. The van der Waals surface area contributed by atoms with Gasteiger partial charge in [0.05, 0.1) is 11.7 Å². The molecule has 0 amide bonds. The Morgan fingerprint density at radius 3 is 2.72 bits per heavy atom. The van der Waals surface area contributed by atoms with Crippen molar-refractivity contribution in [2.24, 2.45) is 0 Å². The van der Waals surface area contributed by atoms with Gasteiger partial charge in [-0.15, -0.1) is 17.5 Å². The van der Waals surface area contributed by atoms with E-state index in [9.17, 15) is 0 Å². The maximum absolute atomic E-state index is 4.14. The third kappa shape index (κ3) is 2.49. The standard InChI is InChI=1S/C13H12N4.ClH/c1-2-4-11(5-3-1)7-9-17-13-6-8-14-10-12(13)15-16-17;/h1-6,8,10H,7,9H2;1H. The number of hydrogen-bond acceptors (Lipinski definition) is 3. The maximum atomic E-state index is 4.14. The van der Waals surface area contributed by atoms with E-state index in [-0.39, 0.29) is 12.4 Å². The van der Waals surface area contributed by atoms with Crippen LogP contribution in [0.3, 0.4) is 0 Å². The number of hydrogen-bond donors (Lipinski definition) is 0. The van der Waals surface area contributed by atoms with Gasteiger partial charge in [-0.3, -0.25) is 4.98 Å². The molecule has 92 valence electrons. The quantitative estimate of drug-likeness (QED) is 0.727. The Hall–Kier alpha value is -1.94. The fourth-order valence-electron chi connectivity index (χ4n) is 1.87. The second-order valence-electron chi connectivity index (χ2n) is 3.91. The summed E-state index contributed by atoms with van der Waals surface area (Å²) in [5.74, 6) is 0. The summed E-state index contributed by atoms with van der Waals surface area (Å²) in [6.45, 7) is 0.838. The van der Waals surface area contributed by atoms with Gasteiger partial charge in [0.25, 0.3) is 0 Å². The maximum Gasteiger partial charge on any atom is 0.131 e. The normalized spacial score (nSPS) is 10.2. The van der Waals surface area contributed by atoms with Crippen LogP contribution in [0.2, 0.25) is 0 Å². The molecule has 0 N–H and O–H groups in total. The molecule has 0 bridgehead atoms. The number of rotatable bonds is 3. The highest BCUT2D eigenvalue weighted by molar-refractivity contribution is 5.85. The average Bonchev–Trinajstić information content (AvgIpc) is 2.81. The van der Waals surface area contributed by atoms with Crippen LogP contribution in [0.25, 0.3) is 11.0 Å². The van der Waals surface area contributed by atoms with E-state index in [1.54, 1.807) is 12.4 Å². The van der Waals surface area contributed by atoms with E-state index in [2.05, 4.69) is 39.6 Å². The van der Waals surface area contributed by atoms with Gasteiger partial charge < -0.3 is 0 Å². The van der Waals surface area contributed by atoms with Crippen molar-refractivity contribution in [1.82, 2.24) is 20.0 Å². The van der Waals surface area contributed by atoms with E-state index >= 15 is 0 Å². The first kappa shape index (κ1) is 12.5. The summed E-state index contributed by atoms with van der Waals surface area (Å²) in [5, 5.41) is 8.22. The molecule has 0 aliphatic rings. The van der Waals surface area contributed by atoms with Gasteiger partial charge in [0.1, 0.15) is 5.52 Å². The lowest BCUT2D eigenvalue weighted by atomic mass is 10.1.